The van der Waals surface area contributed by atoms with Gasteiger partial charge in [0, 0.05) is 92.8 Å². The lowest BCUT2D eigenvalue weighted by molar-refractivity contribution is 0.0793. The van der Waals surface area contributed by atoms with Gasteiger partial charge in [-0.25, -0.2) is 13.8 Å². The van der Waals surface area contributed by atoms with Gasteiger partial charge in [0.05, 0.1) is 22.0 Å². The van der Waals surface area contributed by atoms with E-state index in [1.54, 1.807) is 36.9 Å². The molecule has 0 radical (unpaired) electrons. The van der Waals surface area contributed by atoms with Gasteiger partial charge in [0.25, 0.3) is 0 Å². The Morgan fingerprint density at radius 3 is 2.35 bits per heavy atom. The van der Waals surface area contributed by atoms with Crippen LogP contribution in [-0.4, -0.2) is 87.0 Å². The fourth-order valence-electron chi connectivity index (χ4n) is 6.29. The molecule has 2 aromatic carbocycles. The molecule has 4 aromatic rings. The van der Waals surface area contributed by atoms with Crippen molar-refractivity contribution in [2.24, 2.45) is 7.05 Å². The van der Waals surface area contributed by atoms with Crippen molar-refractivity contribution < 1.29 is 13.9 Å². The lowest BCUT2D eigenvalue weighted by Crippen LogP contribution is -2.52. The van der Waals surface area contributed by atoms with Crippen LogP contribution in [0.2, 0.25) is 0 Å². The molecule has 3 N–H and O–H groups in total. The van der Waals surface area contributed by atoms with E-state index in [9.17, 15) is 9.50 Å². The lowest BCUT2D eigenvalue weighted by atomic mass is 9.96. The van der Waals surface area contributed by atoms with Gasteiger partial charge in [0.2, 0.25) is 5.95 Å². The molecule has 2 saturated heterocycles. The molecule has 2 aliphatic rings. The Bertz CT molecular complexity index is 1690. The predicted octanol–water partition coefficient (Wildman–Crippen LogP) is 5.85. The molecule has 0 spiro atoms. The van der Waals surface area contributed by atoms with Crippen molar-refractivity contribution >= 4 is 44.8 Å². The summed E-state index contributed by atoms with van der Waals surface area (Å²) in [6.45, 7) is 9.30. The van der Waals surface area contributed by atoms with Crippen LogP contribution in [0.1, 0.15) is 32.3 Å². The minimum absolute atomic E-state index is 0.142. The number of aromatic nitrogens is 4. The summed E-state index contributed by atoms with van der Waals surface area (Å²) in [7, 11) is 4.03. The number of likely N-dealkylation sites (N-methyl/N-ethyl adjacent to an activating group) is 1. The maximum atomic E-state index is 15.9. The third-order valence-corrected chi connectivity index (χ3v) is 9.43. The van der Waals surface area contributed by atoms with Crippen LogP contribution in [0.15, 0.2) is 53.4 Å². The summed E-state index contributed by atoms with van der Waals surface area (Å²) in [6, 6.07) is 8.02. The van der Waals surface area contributed by atoms with E-state index in [0.717, 1.165) is 68.9 Å². The van der Waals surface area contributed by atoms with Gasteiger partial charge in [-0.15, -0.1) is 0 Å². The second-order valence-electron chi connectivity index (χ2n) is 12.7. The topological polar surface area (TPSA) is 97.6 Å². The first kappa shape index (κ1) is 32.3. The zero-order chi connectivity index (χ0) is 32.6. The Hall–Kier alpha value is -3.65. The van der Waals surface area contributed by atoms with E-state index in [2.05, 4.69) is 63.4 Å². The minimum Gasteiger partial charge on any atom is -0.386 e. The third-order valence-electron chi connectivity index (χ3n) is 8.85. The van der Waals surface area contributed by atoms with Gasteiger partial charge in [-0.1, -0.05) is 6.07 Å². The molecule has 0 unspecified atom stereocenters. The monoisotopic (exact) mass is 695 g/mol. The largest absolute Gasteiger partial charge is 0.386 e. The first-order chi connectivity index (χ1) is 21.9. The van der Waals surface area contributed by atoms with Crippen molar-refractivity contribution in [2.45, 2.75) is 38.3 Å². The standard InChI is InChI=1S/C33H40BrF2N9O/c1-33(2,46)25-6-5-22(35)15-28(25)39-31-26(34)19-37-32(41-31)40-29-16-24(21-18-38-43(4)20-21)30(17-27(29)36)45-9-7-23(8-10-45)44-13-11-42(3)12-14-44/h5-6,15-20,23,46H,7-14H2,1-4H3,(H2,37,39,40,41). The van der Waals surface area contributed by atoms with Crippen LogP contribution in [0.4, 0.5) is 37.6 Å². The predicted molar refractivity (Wildman–Crippen MR) is 181 cm³/mol. The molecule has 10 nitrogen and oxygen atoms in total. The number of nitrogens with zero attached hydrogens (tertiary/aromatic N) is 7. The number of piperidine rings is 1. The van der Waals surface area contributed by atoms with Crippen molar-refractivity contribution in [1.82, 2.24) is 29.5 Å². The molecular formula is C33H40BrF2N9O. The molecule has 6 rings (SSSR count). The second kappa shape index (κ2) is 13.2. The van der Waals surface area contributed by atoms with Crippen molar-refractivity contribution in [3.05, 3.63) is 70.6 Å². The Morgan fingerprint density at radius 2 is 1.67 bits per heavy atom. The van der Waals surface area contributed by atoms with Crippen LogP contribution in [0.5, 0.6) is 0 Å². The molecule has 0 bridgehead atoms. The van der Waals surface area contributed by atoms with Crippen molar-refractivity contribution in [1.29, 1.82) is 0 Å². The molecule has 0 atom stereocenters. The van der Waals surface area contributed by atoms with Crippen LogP contribution in [-0.2, 0) is 12.6 Å². The summed E-state index contributed by atoms with van der Waals surface area (Å²) in [4.78, 5) is 16.2. The fourth-order valence-corrected chi connectivity index (χ4v) is 6.58. The minimum atomic E-state index is -1.23. The van der Waals surface area contributed by atoms with Gasteiger partial charge >= 0.3 is 0 Å². The number of halogens is 3. The second-order valence-corrected chi connectivity index (χ2v) is 13.6. The molecule has 4 heterocycles. The highest BCUT2D eigenvalue weighted by Crippen LogP contribution is 2.38. The molecule has 0 aliphatic carbocycles. The van der Waals surface area contributed by atoms with E-state index in [0.29, 0.717) is 27.6 Å². The molecular weight excluding hydrogens is 656 g/mol. The molecule has 2 aliphatic heterocycles. The van der Waals surface area contributed by atoms with E-state index in [1.165, 1.54) is 24.4 Å². The van der Waals surface area contributed by atoms with Crippen LogP contribution in [0.25, 0.3) is 11.1 Å². The number of anilines is 5. The Balaban J connectivity index is 1.26. The highest BCUT2D eigenvalue weighted by Gasteiger charge is 2.29. The van der Waals surface area contributed by atoms with E-state index in [-0.39, 0.29) is 11.6 Å². The number of hydrogen-bond donors (Lipinski definition) is 3. The van der Waals surface area contributed by atoms with E-state index >= 15 is 4.39 Å². The highest BCUT2D eigenvalue weighted by atomic mass is 79.9. The van der Waals surface area contributed by atoms with Gasteiger partial charge in [-0.3, -0.25) is 9.58 Å². The van der Waals surface area contributed by atoms with E-state index in [4.69, 9.17) is 0 Å². The number of rotatable bonds is 8. The van der Waals surface area contributed by atoms with Gasteiger partial charge in [-0.05, 0) is 73.9 Å². The normalized spacial score (nSPS) is 17.0. The Morgan fingerprint density at radius 1 is 0.935 bits per heavy atom. The number of aliphatic hydroxyl groups is 1. The van der Waals surface area contributed by atoms with Crippen molar-refractivity contribution in [3.63, 3.8) is 0 Å². The van der Waals surface area contributed by atoms with Gasteiger partial charge in [-0.2, -0.15) is 10.1 Å². The van der Waals surface area contributed by atoms with Crippen molar-refractivity contribution in [3.8, 4) is 11.1 Å². The van der Waals surface area contributed by atoms with Gasteiger partial charge < -0.3 is 25.5 Å². The first-order valence-corrected chi connectivity index (χ1v) is 16.3. The SMILES string of the molecule is CN1CCN(C2CCN(c3cc(F)c(Nc4ncc(Br)c(Nc5cc(F)ccc5C(C)(C)O)n4)cc3-c3cnn(C)c3)CC2)CC1. The van der Waals surface area contributed by atoms with E-state index in [1.807, 2.05) is 13.2 Å². The average molecular weight is 697 g/mol. The fraction of sp³-hybridized carbons (Fsp3) is 0.424. The molecule has 46 heavy (non-hydrogen) atoms. The summed E-state index contributed by atoms with van der Waals surface area (Å²) in [5.74, 6) is -0.433. The maximum Gasteiger partial charge on any atom is 0.229 e. The Labute approximate surface area is 276 Å². The molecule has 0 saturated carbocycles. The molecule has 0 amide bonds. The molecule has 244 valence electrons. The van der Waals surface area contributed by atoms with E-state index < -0.39 is 17.2 Å². The lowest BCUT2D eigenvalue weighted by Gasteiger charge is -2.43. The summed E-state index contributed by atoms with van der Waals surface area (Å²) in [6.07, 6.45) is 7.30. The number of aryl methyl sites for hydroxylation is 1. The average Bonchev–Trinajstić information content (AvgIpc) is 3.45. The zero-order valence-corrected chi connectivity index (χ0v) is 28.2. The number of piperazine rings is 1. The summed E-state index contributed by atoms with van der Waals surface area (Å²) in [5.41, 5.74) is 2.40. The number of nitrogens with one attached hydrogen (secondary N) is 2. The van der Waals surface area contributed by atoms with Crippen LogP contribution >= 0.6 is 15.9 Å². The molecule has 2 fully saturated rings. The summed E-state index contributed by atoms with van der Waals surface area (Å²) < 4.78 is 32.3. The van der Waals surface area contributed by atoms with Crippen LogP contribution < -0.4 is 15.5 Å². The maximum absolute atomic E-state index is 15.9. The molecule has 2 aromatic heterocycles. The summed E-state index contributed by atoms with van der Waals surface area (Å²) >= 11 is 3.45. The van der Waals surface area contributed by atoms with Crippen molar-refractivity contribution in [2.75, 3.05) is 61.8 Å². The Kier molecular flexibility index (Phi) is 9.28. The van der Waals surface area contributed by atoms with Crippen LogP contribution in [0.3, 0.4) is 0 Å². The number of hydrogen-bond acceptors (Lipinski definition) is 9. The molecule has 13 heteroatoms. The first-order valence-electron chi connectivity index (χ1n) is 15.5. The smallest absolute Gasteiger partial charge is 0.229 e. The zero-order valence-electron chi connectivity index (χ0n) is 26.6. The number of benzene rings is 2. The van der Waals surface area contributed by atoms with Gasteiger partial charge in [0.15, 0.2) is 0 Å². The van der Waals surface area contributed by atoms with Gasteiger partial charge in [0.1, 0.15) is 17.5 Å². The highest BCUT2D eigenvalue weighted by molar-refractivity contribution is 9.10. The van der Waals surface area contributed by atoms with Crippen LogP contribution in [0, 0.1) is 11.6 Å². The summed E-state index contributed by atoms with van der Waals surface area (Å²) in [5, 5.41) is 21.2. The quantitative estimate of drug-likeness (QED) is 0.210. The third kappa shape index (κ3) is 7.17.